The molecule has 1 aromatic rings. The van der Waals surface area contributed by atoms with Crippen molar-refractivity contribution in [3.05, 3.63) is 18.7 Å². The number of imidazole rings is 1. The van der Waals surface area contributed by atoms with Crippen LogP contribution in [0.4, 0.5) is 0 Å². The van der Waals surface area contributed by atoms with E-state index >= 15 is 0 Å². The van der Waals surface area contributed by atoms with Gasteiger partial charge in [0, 0.05) is 0 Å². The van der Waals surface area contributed by atoms with Crippen molar-refractivity contribution in [3.63, 3.8) is 0 Å². The third-order valence-electron chi connectivity index (χ3n) is 5.83. The molecule has 0 saturated carbocycles. The largest absolute Gasteiger partial charge is 0.243 e. The second-order valence-corrected chi connectivity index (χ2v) is 8.85. The minimum atomic E-state index is 0.571. The van der Waals surface area contributed by atoms with Crippen molar-refractivity contribution in [1.29, 1.82) is 0 Å². The van der Waals surface area contributed by atoms with Crippen molar-refractivity contribution in [2.75, 3.05) is 0 Å². The fourth-order valence-electron chi connectivity index (χ4n) is 3.87. The third kappa shape index (κ3) is 13.9. The van der Waals surface area contributed by atoms with Crippen LogP contribution in [0.25, 0.3) is 0 Å². The van der Waals surface area contributed by atoms with Crippen LogP contribution in [0.15, 0.2) is 18.7 Å². The molecule has 0 unspecified atom stereocenters. The lowest BCUT2D eigenvalue weighted by molar-refractivity contribution is -0.697. The van der Waals surface area contributed by atoms with Gasteiger partial charge >= 0.3 is 0 Å². The Hall–Kier alpha value is -0.790. The Kier molecular flexibility index (Phi) is 15.6. The summed E-state index contributed by atoms with van der Waals surface area (Å²) in [7, 11) is 0. The average Bonchev–Trinajstić information content (AvgIpc) is 3.13. The van der Waals surface area contributed by atoms with E-state index in [0.29, 0.717) is 6.04 Å². The van der Waals surface area contributed by atoms with E-state index in [1.54, 1.807) is 0 Å². The molecule has 0 saturated heterocycles. The zero-order valence-corrected chi connectivity index (χ0v) is 18.9. The molecule has 0 N–H and O–H groups in total. The molecule has 1 heterocycles. The van der Waals surface area contributed by atoms with Gasteiger partial charge in [0.1, 0.15) is 12.4 Å². The number of rotatable bonds is 19. The van der Waals surface area contributed by atoms with Gasteiger partial charge in [0.25, 0.3) is 0 Å². The van der Waals surface area contributed by atoms with Gasteiger partial charge in [0.05, 0.1) is 12.6 Å². The Morgan fingerprint density at radius 1 is 0.630 bits per heavy atom. The molecule has 2 nitrogen and oxygen atoms in total. The number of hydrogen-bond donors (Lipinski definition) is 0. The lowest BCUT2D eigenvalue weighted by Gasteiger charge is -2.03. The van der Waals surface area contributed by atoms with Crippen molar-refractivity contribution in [2.24, 2.45) is 0 Å². The summed E-state index contributed by atoms with van der Waals surface area (Å²) < 4.78 is 4.62. The van der Waals surface area contributed by atoms with Gasteiger partial charge in [-0.25, -0.2) is 9.13 Å². The van der Waals surface area contributed by atoms with Crippen LogP contribution in [0.5, 0.6) is 0 Å². The Morgan fingerprint density at radius 3 is 1.41 bits per heavy atom. The maximum atomic E-state index is 2.34. The van der Waals surface area contributed by atoms with E-state index in [2.05, 4.69) is 48.6 Å². The maximum Gasteiger partial charge on any atom is 0.243 e. The summed E-state index contributed by atoms with van der Waals surface area (Å²) in [5, 5.41) is 0. The highest BCUT2D eigenvalue weighted by atomic mass is 15.1. The van der Waals surface area contributed by atoms with Gasteiger partial charge in [0.2, 0.25) is 6.33 Å². The first-order valence-corrected chi connectivity index (χ1v) is 12.3. The zero-order valence-electron chi connectivity index (χ0n) is 18.9. The van der Waals surface area contributed by atoms with Crippen LogP contribution >= 0.6 is 0 Å². The fourth-order valence-corrected chi connectivity index (χ4v) is 3.87. The van der Waals surface area contributed by atoms with E-state index in [0.717, 1.165) is 0 Å². The number of unbranched alkanes of at least 4 members (excludes halogenated alkanes) is 16. The van der Waals surface area contributed by atoms with Crippen LogP contribution in [-0.4, -0.2) is 4.57 Å². The summed E-state index contributed by atoms with van der Waals surface area (Å²) >= 11 is 0. The standard InChI is InChI=1S/C25H49N2/c1-4-5-6-7-8-9-10-11-12-13-14-15-16-17-18-19-20-21-26-22-23-27(24-26)25(2)3/h22-25H,4-21H2,1-3H3/q+1. The maximum absolute atomic E-state index is 2.34. The molecule has 0 atom stereocenters. The Bertz CT molecular complexity index is 422. The summed E-state index contributed by atoms with van der Waals surface area (Å²) in [5.41, 5.74) is 0. The van der Waals surface area contributed by atoms with Crippen molar-refractivity contribution in [3.8, 4) is 0 Å². The predicted molar refractivity (Wildman–Crippen MR) is 119 cm³/mol. The van der Waals surface area contributed by atoms with Gasteiger partial charge in [-0.1, -0.05) is 103 Å². The Morgan fingerprint density at radius 2 is 1.04 bits per heavy atom. The number of aromatic nitrogens is 2. The van der Waals surface area contributed by atoms with Crippen LogP contribution in [0.1, 0.15) is 136 Å². The van der Waals surface area contributed by atoms with E-state index in [1.807, 2.05) is 0 Å². The first-order chi connectivity index (χ1) is 13.2. The van der Waals surface area contributed by atoms with Gasteiger partial charge in [-0.15, -0.1) is 0 Å². The fraction of sp³-hybridized carbons (Fsp3) is 0.880. The average molecular weight is 378 g/mol. The molecule has 0 bridgehead atoms. The molecule has 0 aliphatic rings. The lowest BCUT2D eigenvalue weighted by atomic mass is 10.0. The van der Waals surface area contributed by atoms with Crippen LogP contribution in [0.2, 0.25) is 0 Å². The van der Waals surface area contributed by atoms with Crippen molar-refractivity contribution < 1.29 is 4.57 Å². The van der Waals surface area contributed by atoms with E-state index in [4.69, 9.17) is 0 Å². The van der Waals surface area contributed by atoms with Gasteiger partial charge in [-0.2, -0.15) is 0 Å². The molecule has 2 heteroatoms. The van der Waals surface area contributed by atoms with Gasteiger partial charge in [-0.05, 0) is 26.7 Å². The Balaban J connectivity index is 1.75. The smallest absolute Gasteiger partial charge is 0.237 e. The first kappa shape index (κ1) is 24.2. The van der Waals surface area contributed by atoms with Crippen LogP contribution < -0.4 is 4.57 Å². The first-order valence-electron chi connectivity index (χ1n) is 12.3. The quantitative estimate of drug-likeness (QED) is 0.170. The van der Waals surface area contributed by atoms with E-state index in [1.165, 1.54) is 116 Å². The highest BCUT2D eigenvalue weighted by Crippen LogP contribution is 2.14. The number of nitrogens with zero attached hydrogens (tertiary/aromatic N) is 2. The molecule has 0 aliphatic carbocycles. The molecular formula is C25H49N2+. The summed E-state index contributed by atoms with van der Waals surface area (Å²) in [5.74, 6) is 0. The van der Waals surface area contributed by atoms with E-state index < -0.39 is 0 Å². The molecule has 27 heavy (non-hydrogen) atoms. The predicted octanol–water partition coefficient (Wildman–Crippen LogP) is 8.01. The topological polar surface area (TPSA) is 8.81 Å². The molecule has 0 spiro atoms. The normalized spacial score (nSPS) is 11.6. The number of aryl methyl sites for hydroxylation is 1. The molecular weight excluding hydrogens is 328 g/mol. The van der Waals surface area contributed by atoms with E-state index in [9.17, 15) is 0 Å². The van der Waals surface area contributed by atoms with Crippen molar-refractivity contribution in [2.45, 2.75) is 143 Å². The summed E-state index contributed by atoms with van der Waals surface area (Å²) in [6.07, 6.45) is 31.2. The van der Waals surface area contributed by atoms with Gasteiger partial charge in [-0.3, -0.25) is 0 Å². The molecule has 0 fully saturated rings. The zero-order chi connectivity index (χ0) is 19.6. The van der Waals surface area contributed by atoms with Crippen molar-refractivity contribution >= 4 is 0 Å². The van der Waals surface area contributed by atoms with Crippen LogP contribution in [0, 0.1) is 0 Å². The summed E-state index contributed by atoms with van der Waals surface area (Å²) in [6, 6.07) is 0.571. The Labute approximate surface area is 170 Å². The monoisotopic (exact) mass is 377 g/mol. The van der Waals surface area contributed by atoms with Crippen LogP contribution in [-0.2, 0) is 6.54 Å². The van der Waals surface area contributed by atoms with E-state index in [-0.39, 0.29) is 0 Å². The lowest BCUT2D eigenvalue weighted by Crippen LogP contribution is -2.31. The van der Waals surface area contributed by atoms with Crippen molar-refractivity contribution in [1.82, 2.24) is 4.57 Å². The highest BCUT2D eigenvalue weighted by Gasteiger charge is 2.06. The summed E-state index contributed by atoms with van der Waals surface area (Å²) in [4.78, 5) is 0. The molecule has 158 valence electrons. The minimum Gasteiger partial charge on any atom is -0.237 e. The second kappa shape index (κ2) is 17.3. The minimum absolute atomic E-state index is 0.571. The third-order valence-corrected chi connectivity index (χ3v) is 5.83. The molecule has 1 aromatic heterocycles. The van der Waals surface area contributed by atoms with Gasteiger partial charge < -0.3 is 0 Å². The number of hydrogen-bond acceptors (Lipinski definition) is 0. The molecule has 1 rings (SSSR count). The van der Waals surface area contributed by atoms with Gasteiger partial charge in [0.15, 0.2) is 0 Å². The second-order valence-electron chi connectivity index (χ2n) is 8.85. The molecule has 0 aliphatic heterocycles. The molecule has 0 amide bonds. The van der Waals surface area contributed by atoms with Crippen LogP contribution in [0.3, 0.4) is 0 Å². The SMILES string of the molecule is CCCCCCCCCCCCCCCCCCC[n+]1ccn(C(C)C)c1. The molecule has 0 radical (unpaired) electrons. The summed E-state index contributed by atoms with van der Waals surface area (Å²) in [6.45, 7) is 7.95. The highest BCUT2D eigenvalue weighted by molar-refractivity contribution is 4.69. The molecule has 0 aromatic carbocycles.